The standard InChI is InChI=1S/C16H28ClNO2/c1-13(2)11-15(5-3-4-6-15)14(19)18-16(12-17)7-9-20-10-8-16/h13H,3-12H2,1-2H3,(H,18,19). The van der Waals surface area contributed by atoms with Crippen LogP contribution >= 0.6 is 11.6 Å². The van der Waals surface area contributed by atoms with Gasteiger partial charge < -0.3 is 10.1 Å². The van der Waals surface area contributed by atoms with Crippen molar-refractivity contribution in [1.29, 1.82) is 0 Å². The third kappa shape index (κ3) is 3.48. The van der Waals surface area contributed by atoms with E-state index in [9.17, 15) is 4.79 Å². The Kier molecular flexibility index (Phi) is 5.36. The molecule has 0 bridgehead atoms. The molecule has 0 atom stereocenters. The number of ether oxygens (including phenoxy) is 1. The fourth-order valence-corrected chi connectivity index (χ4v) is 4.12. The summed E-state index contributed by atoms with van der Waals surface area (Å²) >= 11 is 6.17. The van der Waals surface area contributed by atoms with Crippen LogP contribution in [0.3, 0.4) is 0 Å². The summed E-state index contributed by atoms with van der Waals surface area (Å²) in [5.74, 6) is 1.28. The van der Waals surface area contributed by atoms with Gasteiger partial charge in [0.1, 0.15) is 0 Å². The molecule has 1 N–H and O–H groups in total. The molecule has 1 amide bonds. The molecule has 1 saturated heterocycles. The Labute approximate surface area is 127 Å². The number of carbonyl (C=O) groups is 1. The van der Waals surface area contributed by atoms with Crippen LogP contribution in [0.4, 0.5) is 0 Å². The minimum absolute atomic E-state index is 0.147. The first-order valence-electron chi connectivity index (χ1n) is 7.98. The first-order valence-corrected chi connectivity index (χ1v) is 8.52. The second-order valence-electron chi connectivity index (χ2n) is 7.07. The van der Waals surface area contributed by atoms with Gasteiger partial charge in [0.25, 0.3) is 0 Å². The lowest BCUT2D eigenvalue weighted by Gasteiger charge is -2.40. The van der Waals surface area contributed by atoms with E-state index in [4.69, 9.17) is 16.3 Å². The molecule has 0 radical (unpaired) electrons. The SMILES string of the molecule is CC(C)CC1(C(=O)NC2(CCl)CCOCC2)CCCC1. The Hall–Kier alpha value is -0.280. The van der Waals surface area contributed by atoms with Crippen LogP contribution in [0.2, 0.25) is 0 Å². The van der Waals surface area contributed by atoms with Crippen molar-refractivity contribution in [2.24, 2.45) is 11.3 Å². The van der Waals surface area contributed by atoms with E-state index in [2.05, 4.69) is 19.2 Å². The lowest BCUT2D eigenvalue weighted by Crippen LogP contribution is -2.57. The molecule has 0 aromatic carbocycles. The van der Waals surface area contributed by atoms with Gasteiger partial charge in [-0.1, -0.05) is 26.7 Å². The number of halogens is 1. The van der Waals surface area contributed by atoms with Gasteiger partial charge in [0.2, 0.25) is 5.91 Å². The number of amides is 1. The van der Waals surface area contributed by atoms with Gasteiger partial charge in [-0.15, -0.1) is 11.6 Å². The summed E-state index contributed by atoms with van der Waals surface area (Å²) in [7, 11) is 0. The monoisotopic (exact) mass is 301 g/mol. The normalized spacial score (nSPS) is 24.8. The predicted octanol–water partition coefficient (Wildman–Crippen LogP) is 3.50. The molecule has 2 fully saturated rings. The molecule has 20 heavy (non-hydrogen) atoms. The van der Waals surface area contributed by atoms with Crippen LogP contribution in [-0.4, -0.2) is 30.5 Å². The van der Waals surface area contributed by atoms with Crippen molar-refractivity contribution in [3.05, 3.63) is 0 Å². The molecule has 0 unspecified atom stereocenters. The molecule has 2 rings (SSSR count). The molecule has 1 aliphatic carbocycles. The van der Waals surface area contributed by atoms with Crippen molar-refractivity contribution in [3.8, 4) is 0 Å². The van der Waals surface area contributed by atoms with Crippen LogP contribution in [0.1, 0.15) is 58.8 Å². The van der Waals surface area contributed by atoms with Crippen molar-refractivity contribution >= 4 is 17.5 Å². The van der Waals surface area contributed by atoms with Crippen molar-refractivity contribution < 1.29 is 9.53 Å². The molecule has 3 nitrogen and oxygen atoms in total. The summed E-state index contributed by atoms with van der Waals surface area (Å²) in [5, 5.41) is 3.32. The Morgan fingerprint density at radius 1 is 1.20 bits per heavy atom. The van der Waals surface area contributed by atoms with E-state index in [1.165, 1.54) is 12.8 Å². The van der Waals surface area contributed by atoms with E-state index in [1.54, 1.807) is 0 Å². The maximum Gasteiger partial charge on any atom is 0.226 e. The van der Waals surface area contributed by atoms with Gasteiger partial charge in [-0.05, 0) is 38.0 Å². The zero-order chi connectivity index (χ0) is 14.6. The van der Waals surface area contributed by atoms with Crippen molar-refractivity contribution in [3.63, 3.8) is 0 Å². The fourth-order valence-electron chi connectivity index (χ4n) is 3.78. The van der Waals surface area contributed by atoms with Crippen molar-refractivity contribution in [2.75, 3.05) is 19.1 Å². The Balaban J connectivity index is 2.07. The topological polar surface area (TPSA) is 38.3 Å². The molecular weight excluding hydrogens is 274 g/mol. The highest BCUT2D eigenvalue weighted by molar-refractivity contribution is 6.18. The second-order valence-corrected chi connectivity index (χ2v) is 7.33. The number of alkyl halides is 1. The van der Waals surface area contributed by atoms with Gasteiger partial charge in [0, 0.05) is 24.5 Å². The number of carbonyl (C=O) groups excluding carboxylic acids is 1. The maximum atomic E-state index is 12.9. The van der Waals surface area contributed by atoms with E-state index >= 15 is 0 Å². The first-order chi connectivity index (χ1) is 9.52. The van der Waals surface area contributed by atoms with Gasteiger partial charge in [0.05, 0.1) is 5.54 Å². The highest BCUT2D eigenvalue weighted by Gasteiger charge is 2.44. The zero-order valence-corrected chi connectivity index (χ0v) is 13.6. The average molecular weight is 302 g/mol. The van der Waals surface area contributed by atoms with Gasteiger partial charge in [-0.2, -0.15) is 0 Å². The average Bonchev–Trinajstić information content (AvgIpc) is 2.89. The van der Waals surface area contributed by atoms with E-state index in [0.717, 1.165) is 32.1 Å². The predicted molar refractivity (Wildman–Crippen MR) is 82.0 cm³/mol. The van der Waals surface area contributed by atoms with Gasteiger partial charge in [0.15, 0.2) is 0 Å². The van der Waals surface area contributed by atoms with Crippen LogP contribution in [0.25, 0.3) is 0 Å². The van der Waals surface area contributed by atoms with Gasteiger partial charge >= 0.3 is 0 Å². The number of nitrogens with one attached hydrogen (secondary N) is 1. The Morgan fingerprint density at radius 2 is 1.80 bits per heavy atom. The van der Waals surface area contributed by atoms with E-state index in [-0.39, 0.29) is 16.9 Å². The largest absolute Gasteiger partial charge is 0.381 e. The number of rotatable bonds is 5. The molecule has 0 aromatic heterocycles. The fraction of sp³-hybridized carbons (Fsp3) is 0.938. The summed E-state index contributed by atoms with van der Waals surface area (Å²) in [6, 6.07) is 0. The quantitative estimate of drug-likeness (QED) is 0.789. The summed E-state index contributed by atoms with van der Waals surface area (Å²) in [5.41, 5.74) is -0.394. The Bertz CT molecular complexity index is 331. The molecule has 1 aliphatic heterocycles. The summed E-state index contributed by atoms with van der Waals surface area (Å²) in [6.45, 7) is 5.81. The van der Waals surface area contributed by atoms with E-state index in [1.807, 2.05) is 0 Å². The third-order valence-corrected chi connectivity index (χ3v) is 5.44. The molecule has 4 heteroatoms. The highest BCUT2D eigenvalue weighted by atomic mass is 35.5. The maximum absolute atomic E-state index is 12.9. The summed E-state index contributed by atoms with van der Waals surface area (Å²) < 4.78 is 5.41. The van der Waals surface area contributed by atoms with Crippen LogP contribution in [0.15, 0.2) is 0 Å². The van der Waals surface area contributed by atoms with Gasteiger partial charge in [-0.25, -0.2) is 0 Å². The summed E-state index contributed by atoms with van der Waals surface area (Å²) in [4.78, 5) is 12.9. The number of hydrogen-bond acceptors (Lipinski definition) is 2. The minimum atomic E-state index is -0.247. The van der Waals surface area contributed by atoms with Crippen LogP contribution in [0.5, 0.6) is 0 Å². The van der Waals surface area contributed by atoms with E-state index < -0.39 is 0 Å². The lowest BCUT2D eigenvalue weighted by molar-refractivity contribution is -0.134. The zero-order valence-electron chi connectivity index (χ0n) is 12.8. The van der Waals surface area contributed by atoms with Crippen molar-refractivity contribution in [2.45, 2.75) is 64.3 Å². The van der Waals surface area contributed by atoms with Crippen molar-refractivity contribution in [1.82, 2.24) is 5.32 Å². The van der Waals surface area contributed by atoms with Crippen LogP contribution < -0.4 is 5.32 Å². The number of hydrogen-bond donors (Lipinski definition) is 1. The second kappa shape index (κ2) is 6.65. The van der Waals surface area contributed by atoms with E-state index in [0.29, 0.717) is 25.0 Å². The minimum Gasteiger partial charge on any atom is -0.381 e. The summed E-state index contributed by atoms with van der Waals surface area (Å²) in [6.07, 6.45) is 7.08. The lowest BCUT2D eigenvalue weighted by atomic mass is 9.76. The molecular formula is C16H28ClNO2. The Morgan fingerprint density at radius 3 is 2.30 bits per heavy atom. The molecule has 1 saturated carbocycles. The molecule has 2 aliphatic rings. The highest BCUT2D eigenvalue weighted by Crippen LogP contribution is 2.44. The molecule has 1 heterocycles. The first kappa shape index (κ1) is 16.1. The third-order valence-electron chi connectivity index (χ3n) is 4.93. The molecule has 116 valence electrons. The van der Waals surface area contributed by atoms with Crippen LogP contribution in [0, 0.1) is 11.3 Å². The smallest absolute Gasteiger partial charge is 0.226 e. The van der Waals surface area contributed by atoms with Crippen LogP contribution in [-0.2, 0) is 9.53 Å². The van der Waals surface area contributed by atoms with Gasteiger partial charge in [-0.3, -0.25) is 4.79 Å². The molecule has 0 spiro atoms. The molecule has 0 aromatic rings.